The fourth-order valence-electron chi connectivity index (χ4n) is 19.1. The molecular formula is C49H66O6. The lowest BCUT2D eigenvalue weighted by molar-refractivity contribution is -0.218. The number of ketones is 2. The molecule has 0 aromatic carbocycles. The van der Waals surface area contributed by atoms with Crippen LogP contribution in [0.3, 0.4) is 0 Å². The summed E-state index contributed by atoms with van der Waals surface area (Å²) in [6.45, 7) is 11.5. The van der Waals surface area contributed by atoms with Gasteiger partial charge in [-0.15, -0.1) is 5.92 Å². The highest BCUT2D eigenvalue weighted by molar-refractivity contribution is 5.92. The summed E-state index contributed by atoms with van der Waals surface area (Å²) in [5.74, 6) is 15.7. The molecule has 0 bridgehead atoms. The standard InChI is InChI=1S/C24H30O3.C24H32O3.CH4/c1-22-6-3-12(25)9-17(22)13-10-14(13)20-16(22)4-7-23(2)21(20)15-11-18(15)24(23)8-5-19(26)27-24;1-4-7-23(26)18-11-15(18)20-19-14-10-17(14)24(27)12-13(25)5-8-21(24,2)16(19)6-9-22(20,23)3;/h9,13-16,18,20-21H,3-8,10-11H2,1-2H3;14-20,26-27H,5-6,8-12H2,1-3H3;1H4/t13-,14?,15-,16?,18?,20?,21?,22-,23+,24+;14?,15-,16?,17-,18?,19?,20?,21-,22+,23+,24-;/m11./s1. The molecule has 6 nitrogen and oxygen atoms in total. The predicted octanol–water partition coefficient (Wildman–Crippen LogP) is 8.12. The van der Waals surface area contributed by atoms with Crippen LogP contribution in [0, 0.1) is 116 Å². The monoisotopic (exact) mass is 750 g/mol. The summed E-state index contributed by atoms with van der Waals surface area (Å²) >= 11 is 0. The molecule has 298 valence electrons. The van der Waals surface area contributed by atoms with Crippen LogP contribution in [0.1, 0.15) is 138 Å². The van der Waals surface area contributed by atoms with Crippen molar-refractivity contribution in [2.24, 2.45) is 105 Å². The maximum Gasteiger partial charge on any atom is 0.306 e. The number of Topliss-reactive ketones (excluding diaryl/α,β-unsaturated/α-hetero) is 1. The van der Waals surface area contributed by atoms with Gasteiger partial charge in [0.1, 0.15) is 17.0 Å². The minimum Gasteiger partial charge on any atom is -0.458 e. The molecule has 1 heterocycles. The molecule has 1 spiro atoms. The smallest absolute Gasteiger partial charge is 0.306 e. The Kier molecular flexibility index (Phi) is 6.97. The number of fused-ring (bicyclic) bond motifs is 22. The summed E-state index contributed by atoms with van der Waals surface area (Å²) < 4.78 is 6.22. The minimum absolute atomic E-state index is 0. The highest BCUT2D eigenvalue weighted by atomic mass is 16.6. The van der Waals surface area contributed by atoms with Gasteiger partial charge in [-0.3, -0.25) is 14.4 Å². The Morgan fingerprint density at radius 1 is 0.691 bits per heavy atom. The lowest BCUT2D eigenvalue weighted by Crippen LogP contribution is -2.65. The van der Waals surface area contributed by atoms with Gasteiger partial charge in [-0.1, -0.05) is 46.6 Å². The van der Waals surface area contributed by atoms with Crippen molar-refractivity contribution in [1.29, 1.82) is 0 Å². The second kappa shape index (κ2) is 10.6. The van der Waals surface area contributed by atoms with Gasteiger partial charge in [0.2, 0.25) is 0 Å². The number of aliphatic hydroxyl groups is 2. The van der Waals surface area contributed by atoms with Gasteiger partial charge in [0, 0.05) is 53.8 Å². The highest BCUT2D eigenvalue weighted by Gasteiger charge is 2.83. The van der Waals surface area contributed by atoms with Crippen molar-refractivity contribution >= 4 is 17.5 Å². The van der Waals surface area contributed by atoms with E-state index in [1.54, 1.807) is 0 Å². The fraction of sp³-hybridized carbons (Fsp3) is 0.857. The van der Waals surface area contributed by atoms with E-state index in [0.717, 1.165) is 81.0 Å². The number of carbonyl (C=O) groups is 3. The van der Waals surface area contributed by atoms with Crippen molar-refractivity contribution in [1.82, 2.24) is 0 Å². The second-order valence-electron chi connectivity index (χ2n) is 22.9. The van der Waals surface area contributed by atoms with E-state index < -0.39 is 11.2 Å². The van der Waals surface area contributed by atoms with E-state index in [0.29, 0.717) is 78.3 Å². The third kappa shape index (κ3) is 3.97. The van der Waals surface area contributed by atoms with Crippen molar-refractivity contribution in [3.63, 3.8) is 0 Å². The van der Waals surface area contributed by atoms with Gasteiger partial charge in [0.15, 0.2) is 5.78 Å². The summed E-state index contributed by atoms with van der Waals surface area (Å²) in [4.78, 5) is 36.5. The number of hydrogen-bond acceptors (Lipinski definition) is 6. The van der Waals surface area contributed by atoms with E-state index in [9.17, 15) is 24.6 Å². The van der Waals surface area contributed by atoms with Crippen LogP contribution >= 0.6 is 0 Å². The summed E-state index contributed by atoms with van der Waals surface area (Å²) in [6, 6.07) is 0. The summed E-state index contributed by atoms with van der Waals surface area (Å²) in [5, 5.41) is 23.4. The van der Waals surface area contributed by atoms with Gasteiger partial charge in [0.05, 0.1) is 5.60 Å². The Hall–Kier alpha value is -1.97. The van der Waals surface area contributed by atoms with E-state index in [-0.39, 0.29) is 46.4 Å². The van der Waals surface area contributed by atoms with Crippen LogP contribution in [0.15, 0.2) is 11.6 Å². The lowest BCUT2D eigenvalue weighted by Gasteiger charge is -2.63. The highest BCUT2D eigenvalue weighted by Crippen LogP contribution is 2.83. The summed E-state index contributed by atoms with van der Waals surface area (Å²) in [6.07, 6.45) is 16.7. The van der Waals surface area contributed by atoms with Crippen molar-refractivity contribution in [2.75, 3.05) is 0 Å². The second-order valence-corrected chi connectivity index (χ2v) is 22.9. The quantitative estimate of drug-likeness (QED) is 0.192. The zero-order valence-electron chi connectivity index (χ0n) is 33.3. The van der Waals surface area contributed by atoms with Crippen molar-refractivity contribution in [2.45, 2.75) is 155 Å². The molecule has 2 N–H and O–H groups in total. The first-order valence-corrected chi connectivity index (χ1v) is 22.5. The van der Waals surface area contributed by atoms with Gasteiger partial charge in [-0.2, -0.15) is 0 Å². The molecule has 12 fully saturated rings. The molecule has 1 aliphatic heterocycles. The van der Waals surface area contributed by atoms with Crippen LogP contribution in [0.4, 0.5) is 0 Å². The van der Waals surface area contributed by atoms with Crippen LogP contribution in [0.2, 0.25) is 0 Å². The molecule has 1 saturated heterocycles. The molecule has 21 atom stereocenters. The SMILES string of the molecule is C.CC#C[C@]1(O)C2C[C@H]2C2C3C4C[C@H]4[C@]4(O)CC(=O)CC[C@]4(C)C3CC[C@@]21C.C[C@]12CCC(=O)C=C1[C@@H]1CC1C1C2CC[C@@]2(C)C1[C@@H]1CC1[C@@]21CCC(=O)O1. The van der Waals surface area contributed by atoms with Crippen LogP contribution in [-0.4, -0.2) is 44.6 Å². The first kappa shape index (κ1) is 36.1. The molecule has 0 radical (unpaired) electrons. The van der Waals surface area contributed by atoms with Crippen molar-refractivity contribution in [3.05, 3.63) is 11.6 Å². The van der Waals surface area contributed by atoms with E-state index >= 15 is 0 Å². The average Bonchev–Trinajstić information content (AvgIpc) is 3.96. The molecule has 6 heteroatoms. The van der Waals surface area contributed by atoms with Crippen LogP contribution in [-0.2, 0) is 19.1 Å². The predicted molar refractivity (Wildman–Crippen MR) is 208 cm³/mol. The third-order valence-electron chi connectivity index (χ3n) is 21.6. The Labute approximate surface area is 329 Å². The zero-order valence-corrected chi connectivity index (χ0v) is 33.3. The number of esters is 1. The molecule has 0 aromatic heterocycles. The maximum absolute atomic E-state index is 12.2. The van der Waals surface area contributed by atoms with Gasteiger partial charge in [0.25, 0.3) is 0 Å². The van der Waals surface area contributed by atoms with Crippen molar-refractivity contribution < 1.29 is 29.3 Å². The molecule has 12 aliphatic carbocycles. The Balaban J connectivity index is 0.000000126. The van der Waals surface area contributed by atoms with E-state index in [1.165, 1.54) is 31.3 Å². The molecule has 11 saturated carbocycles. The number of rotatable bonds is 0. The number of carbonyl (C=O) groups excluding carboxylic acids is 3. The summed E-state index contributed by atoms with van der Waals surface area (Å²) in [7, 11) is 0. The number of hydrogen-bond donors (Lipinski definition) is 2. The summed E-state index contributed by atoms with van der Waals surface area (Å²) in [5.41, 5.74) is 0.0231. The molecule has 13 rings (SSSR count). The van der Waals surface area contributed by atoms with Gasteiger partial charge in [-0.25, -0.2) is 0 Å². The molecule has 13 aliphatic rings. The van der Waals surface area contributed by atoms with E-state index in [2.05, 4.69) is 45.6 Å². The largest absolute Gasteiger partial charge is 0.458 e. The molecule has 55 heavy (non-hydrogen) atoms. The van der Waals surface area contributed by atoms with Crippen LogP contribution in [0.5, 0.6) is 0 Å². The molecule has 10 unspecified atom stereocenters. The first-order valence-electron chi connectivity index (χ1n) is 22.5. The maximum atomic E-state index is 12.2. The Morgan fingerprint density at radius 3 is 2.11 bits per heavy atom. The van der Waals surface area contributed by atoms with Crippen LogP contribution in [0.25, 0.3) is 0 Å². The van der Waals surface area contributed by atoms with Crippen LogP contribution < -0.4 is 0 Å². The van der Waals surface area contributed by atoms with E-state index in [4.69, 9.17) is 4.74 Å². The first-order chi connectivity index (χ1) is 25.6. The Morgan fingerprint density at radius 2 is 1.36 bits per heavy atom. The van der Waals surface area contributed by atoms with E-state index in [1.807, 2.05) is 6.92 Å². The van der Waals surface area contributed by atoms with Gasteiger partial charge >= 0.3 is 5.97 Å². The van der Waals surface area contributed by atoms with Crippen molar-refractivity contribution in [3.8, 4) is 11.8 Å². The number of allylic oxidation sites excluding steroid dienone is 1. The lowest BCUT2D eigenvalue weighted by atomic mass is 9.42. The topological polar surface area (TPSA) is 101 Å². The number of ether oxygens (including phenoxy) is 1. The van der Waals surface area contributed by atoms with Gasteiger partial charge in [-0.05, 0) is 160 Å². The van der Waals surface area contributed by atoms with Gasteiger partial charge < -0.3 is 14.9 Å². The average molecular weight is 751 g/mol. The third-order valence-corrected chi connectivity index (χ3v) is 21.6. The minimum atomic E-state index is -0.816. The fourth-order valence-corrected chi connectivity index (χ4v) is 19.1. The molecule has 0 aromatic rings. The normalized spacial score (nSPS) is 62.3. The molecule has 0 amide bonds. The Bertz CT molecular complexity index is 1910. The molecular weight excluding hydrogens is 685 g/mol. The zero-order chi connectivity index (χ0) is 37.3.